The van der Waals surface area contributed by atoms with E-state index in [9.17, 15) is 14.4 Å². The molecule has 2 heterocycles. The molecule has 0 saturated carbocycles. The van der Waals surface area contributed by atoms with Gasteiger partial charge in [-0.25, -0.2) is 4.98 Å². The van der Waals surface area contributed by atoms with Gasteiger partial charge in [0.1, 0.15) is 0 Å². The Balaban J connectivity index is 1.26. The second kappa shape index (κ2) is 8.77. The van der Waals surface area contributed by atoms with E-state index >= 15 is 0 Å². The molecule has 2 aromatic carbocycles. The van der Waals surface area contributed by atoms with Crippen LogP contribution in [-0.4, -0.2) is 34.2 Å². The Morgan fingerprint density at radius 3 is 2.37 bits per heavy atom. The van der Waals surface area contributed by atoms with Crippen LogP contribution >= 0.6 is 22.9 Å². The van der Waals surface area contributed by atoms with E-state index in [0.717, 1.165) is 10.4 Å². The van der Waals surface area contributed by atoms with Crippen LogP contribution in [0.5, 0.6) is 0 Å². The van der Waals surface area contributed by atoms with E-state index in [2.05, 4.69) is 10.3 Å². The first kappa shape index (κ1) is 20.3. The van der Waals surface area contributed by atoms with Gasteiger partial charge in [-0.15, -0.1) is 11.3 Å². The number of imide groups is 1. The zero-order valence-electron chi connectivity index (χ0n) is 15.9. The maximum atomic E-state index is 12.3. The first-order chi connectivity index (χ1) is 14.5. The molecule has 8 heteroatoms. The fraction of sp³-hybridized carbons (Fsp3) is 0.182. The van der Waals surface area contributed by atoms with Crippen molar-refractivity contribution in [3.63, 3.8) is 0 Å². The van der Waals surface area contributed by atoms with Gasteiger partial charge in [-0.3, -0.25) is 19.3 Å². The maximum absolute atomic E-state index is 12.3. The summed E-state index contributed by atoms with van der Waals surface area (Å²) in [5.74, 6) is -0.801. The molecule has 0 bridgehead atoms. The summed E-state index contributed by atoms with van der Waals surface area (Å²) in [5.41, 5.74) is 1.95. The van der Waals surface area contributed by atoms with Gasteiger partial charge in [0.2, 0.25) is 5.91 Å². The van der Waals surface area contributed by atoms with Gasteiger partial charge in [0, 0.05) is 35.5 Å². The molecule has 1 aliphatic rings. The first-order valence-electron chi connectivity index (χ1n) is 9.45. The number of thiazole rings is 1. The van der Waals surface area contributed by atoms with Crippen LogP contribution in [0.25, 0.3) is 0 Å². The second-order valence-electron chi connectivity index (χ2n) is 6.89. The van der Waals surface area contributed by atoms with Crippen molar-refractivity contribution in [2.75, 3.05) is 11.9 Å². The Hall–Kier alpha value is -3.03. The number of carbonyl (C=O) groups is 3. The summed E-state index contributed by atoms with van der Waals surface area (Å²) in [7, 11) is 0. The Morgan fingerprint density at radius 1 is 1.03 bits per heavy atom. The quantitative estimate of drug-likeness (QED) is 0.553. The largest absolute Gasteiger partial charge is 0.302 e. The van der Waals surface area contributed by atoms with Crippen LogP contribution in [-0.2, 0) is 11.2 Å². The van der Waals surface area contributed by atoms with E-state index in [1.54, 1.807) is 30.5 Å². The third-order valence-electron chi connectivity index (χ3n) is 4.76. The molecule has 0 aliphatic carbocycles. The summed E-state index contributed by atoms with van der Waals surface area (Å²) in [6, 6.07) is 14.4. The zero-order valence-corrected chi connectivity index (χ0v) is 17.5. The molecule has 1 aliphatic heterocycles. The summed E-state index contributed by atoms with van der Waals surface area (Å²) in [4.78, 5) is 43.4. The van der Waals surface area contributed by atoms with Crippen LogP contribution in [0.4, 0.5) is 5.13 Å². The fourth-order valence-corrected chi connectivity index (χ4v) is 4.26. The van der Waals surface area contributed by atoms with Gasteiger partial charge in [0.15, 0.2) is 5.13 Å². The van der Waals surface area contributed by atoms with Gasteiger partial charge >= 0.3 is 0 Å². The third-order valence-corrected chi connectivity index (χ3v) is 5.92. The predicted octanol–water partition coefficient (Wildman–Crippen LogP) is 4.40. The number of fused-ring (bicyclic) bond motifs is 1. The Labute approximate surface area is 182 Å². The number of aromatic nitrogens is 1. The summed E-state index contributed by atoms with van der Waals surface area (Å²) in [6.45, 7) is 0.208. The average molecular weight is 440 g/mol. The number of hydrogen-bond acceptors (Lipinski definition) is 5. The van der Waals surface area contributed by atoms with Crippen molar-refractivity contribution in [3.8, 4) is 0 Å². The van der Waals surface area contributed by atoms with Crippen molar-refractivity contribution < 1.29 is 14.4 Å². The standard InChI is InChI=1S/C22H18ClN3O3S/c23-15-9-7-14(8-10-15)12-16-13-24-22(30-16)25-19(27)6-3-11-26-20(28)17-4-1-2-5-18(17)21(26)29/h1-2,4-5,7-10,13H,3,6,11-12H2,(H,24,25,27). The maximum Gasteiger partial charge on any atom is 0.261 e. The molecule has 0 saturated heterocycles. The molecular formula is C22H18ClN3O3S. The van der Waals surface area contributed by atoms with Gasteiger partial charge in [-0.1, -0.05) is 35.9 Å². The summed E-state index contributed by atoms with van der Waals surface area (Å²) in [5, 5.41) is 4.01. The van der Waals surface area contributed by atoms with Crippen molar-refractivity contribution in [1.82, 2.24) is 9.88 Å². The number of rotatable bonds is 7. The lowest BCUT2D eigenvalue weighted by molar-refractivity contribution is -0.116. The van der Waals surface area contributed by atoms with Gasteiger partial charge in [0.05, 0.1) is 11.1 Å². The normalized spacial score (nSPS) is 12.9. The van der Waals surface area contributed by atoms with Crippen LogP contribution in [0.15, 0.2) is 54.7 Å². The van der Waals surface area contributed by atoms with E-state index in [1.807, 2.05) is 24.3 Å². The number of nitrogens with zero attached hydrogens (tertiary/aromatic N) is 2. The minimum atomic E-state index is -0.303. The third kappa shape index (κ3) is 4.42. The molecule has 0 spiro atoms. The highest BCUT2D eigenvalue weighted by Gasteiger charge is 2.34. The zero-order chi connectivity index (χ0) is 21.1. The number of anilines is 1. The van der Waals surface area contributed by atoms with Gasteiger partial charge in [-0.05, 0) is 36.2 Å². The topological polar surface area (TPSA) is 79.4 Å². The van der Waals surface area contributed by atoms with E-state index in [4.69, 9.17) is 11.6 Å². The first-order valence-corrected chi connectivity index (χ1v) is 10.6. The number of carbonyl (C=O) groups excluding carboxylic acids is 3. The minimum Gasteiger partial charge on any atom is -0.302 e. The number of amides is 3. The second-order valence-corrected chi connectivity index (χ2v) is 8.45. The molecule has 0 radical (unpaired) electrons. The van der Waals surface area contributed by atoms with Crippen LogP contribution in [0.2, 0.25) is 5.02 Å². The molecule has 6 nitrogen and oxygen atoms in total. The highest BCUT2D eigenvalue weighted by atomic mass is 35.5. The number of hydrogen-bond donors (Lipinski definition) is 1. The molecule has 0 fully saturated rings. The average Bonchev–Trinajstić information content (AvgIpc) is 3.27. The molecule has 1 aromatic heterocycles. The Morgan fingerprint density at radius 2 is 1.70 bits per heavy atom. The molecule has 0 unspecified atom stereocenters. The van der Waals surface area contributed by atoms with Crippen LogP contribution in [0.1, 0.15) is 44.0 Å². The van der Waals surface area contributed by atoms with Crippen LogP contribution in [0.3, 0.4) is 0 Å². The minimum absolute atomic E-state index is 0.194. The van der Waals surface area contributed by atoms with E-state index in [-0.39, 0.29) is 30.7 Å². The molecule has 152 valence electrons. The Kier molecular flexibility index (Phi) is 5.92. The molecule has 4 rings (SSSR count). The smallest absolute Gasteiger partial charge is 0.261 e. The number of halogens is 1. The summed E-state index contributed by atoms with van der Waals surface area (Å²) in [6.07, 6.45) is 3.04. The highest BCUT2D eigenvalue weighted by molar-refractivity contribution is 7.15. The van der Waals surface area contributed by atoms with E-state index in [0.29, 0.717) is 34.1 Å². The molecule has 3 aromatic rings. The lowest BCUT2D eigenvalue weighted by Gasteiger charge is -2.13. The fourth-order valence-electron chi connectivity index (χ4n) is 3.27. The van der Waals surface area contributed by atoms with Gasteiger partial charge in [-0.2, -0.15) is 0 Å². The predicted molar refractivity (Wildman–Crippen MR) is 116 cm³/mol. The van der Waals surface area contributed by atoms with Crippen molar-refractivity contribution in [1.29, 1.82) is 0 Å². The molecular weight excluding hydrogens is 422 g/mol. The highest BCUT2D eigenvalue weighted by Crippen LogP contribution is 2.24. The molecule has 30 heavy (non-hydrogen) atoms. The Bertz CT molecular complexity index is 1080. The van der Waals surface area contributed by atoms with E-state index < -0.39 is 0 Å². The van der Waals surface area contributed by atoms with Crippen molar-refractivity contribution in [2.24, 2.45) is 0 Å². The van der Waals surface area contributed by atoms with Crippen molar-refractivity contribution >= 4 is 45.8 Å². The molecule has 3 amide bonds. The lowest BCUT2D eigenvalue weighted by Crippen LogP contribution is -2.31. The van der Waals surface area contributed by atoms with Crippen LogP contribution in [0, 0.1) is 0 Å². The van der Waals surface area contributed by atoms with Crippen molar-refractivity contribution in [2.45, 2.75) is 19.3 Å². The van der Waals surface area contributed by atoms with Gasteiger partial charge in [0.25, 0.3) is 11.8 Å². The van der Waals surface area contributed by atoms with Crippen molar-refractivity contribution in [3.05, 3.63) is 81.3 Å². The number of benzene rings is 2. The summed E-state index contributed by atoms with van der Waals surface area (Å²) < 4.78 is 0. The number of nitrogens with one attached hydrogen (secondary N) is 1. The SMILES string of the molecule is O=C(CCCN1C(=O)c2ccccc2C1=O)Nc1ncc(Cc2ccc(Cl)cc2)s1. The molecule has 0 atom stereocenters. The molecule has 1 N–H and O–H groups in total. The van der Waals surface area contributed by atoms with Crippen LogP contribution < -0.4 is 5.32 Å². The summed E-state index contributed by atoms with van der Waals surface area (Å²) >= 11 is 7.32. The monoisotopic (exact) mass is 439 g/mol. The van der Waals surface area contributed by atoms with Gasteiger partial charge < -0.3 is 5.32 Å². The van der Waals surface area contributed by atoms with E-state index in [1.165, 1.54) is 16.2 Å². The lowest BCUT2D eigenvalue weighted by atomic mass is 10.1.